The molecule has 2 aromatic rings. The van der Waals surface area contributed by atoms with Gasteiger partial charge in [0.15, 0.2) is 5.82 Å². The summed E-state index contributed by atoms with van der Waals surface area (Å²) in [5.41, 5.74) is 1.32. The summed E-state index contributed by atoms with van der Waals surface area (Å²) in [6, 6.07) is 10.4. The van der Waals surface area contributed by atoms with Gasteiger partial charge in [-0.05, 0) is 44.1 Å². The predicted molar refractivity (Wildman–Crippen MR) is 116 cm³/mol. The molecule has 29 heavy (non-hydrogen) atoms. The van der Waals surface area contributed by atoms with E-state index in [0.29, 0.717) is 24.7 Å². The van der Waals surface area contributed by atoms with Gasteiger partial charge in [0.1, 0.15) is 0 Å². The minimum Gasteiger partial charge on any atom is -0.349 e. The molecule has 3 rings (SSSR count). The average Bonchev–Trinajstić information content (AvgIpc) is 2.76. The third kappa shape index (κ3) is 6.69. The molecule has 7 nitrogen and oxygen atoms in total. The highest BCUT2D eigenvalue weighted by molar-refractivity contribution is 5.75. The molecule has 7 heteroatoms. The van der Waals surface area contributed by atoms with Crippen molar-refractivity contribution < 1.29 is 4.79 Å². The fourth-order valence-electron chi connectivity index (χ4n) is 3.44. The molecule has 1 N–H and O–H groups in total. The summed E-state index contributed by atoms with van der Waals surface area (Å²) in [5, 5.41) is 2.97. The number of nitrogens with zero attached hydrogens (tertiary/aromatic N) is 5. The van der Waals surface area contributed by atoms with Crippen molar-refractivity contribution in [2.75, 3.05) is 37.0 Å². The molecule has 1 saturated heterocycles. The van der Waals surface area contributed by atoms with Gasteiger partial charge in [-0.15, -0.1) is 0 Å². The molecule has 1 aliphatic heterocycles. The van der Waals surface area contributed by atoms with Gasteiger partial charge in [-0.1, -0.05) is 30.3 Å². The zero-order valence-electron chi connectivity index (χ0n) is 17.6. The fourth-order valence-corrected chi connectivity index (χ4v) is 3.44. The number of piperidine rings is 1. The van der Waals surface area contributed by atoms with E-state index < -0.39 is 0 Å². The van der Waals surface area contributed by atoms with Gasteiger partial charge in [0, 0.05) is 33.6 Å². The predicted octanol–water partition coefficient (Wildman–Crippen LogP) is 2.96. The van der Waals surface area contributed by atoms with Crippen LogP contribution >= 0.6 is 0 Å². The smallest absolute Gasteiger partial charge is 0.230 e. The largest absolute Gasteiger partial charge is 0.349 e. The van der Waals surface area contributed by atoms with Crippen LogP contribution in [-0.2, 0) is 17.8 Å². The summed E-state index contributed by atoms with van der Waals surface area (Å²) < 4.78 is 0. The van der Waals surface area contributed by atoms with Crippen LogP contribution < -0.4 is 15.1 Å². The lowest BCUT2D eigenvalue weighted by Crippen LogP contribution is -2.32. The molecule has 0 spiro atoms. The second kappa shape index (κ2) is 10.7. The Kier molecular flexibility index (Phi) is 7.78. The standard InChI is InChI=1S/C22H32N6O/c1-27(2)21-24-19(25-22(26-21)28-15-9-4-10-16-28)17-23-20(29)14-8-7-13-18-11-5-3-6-12-18/h3,5-6,11-12H,4,7-10,13-17H2,1-2H3,(H,23,29). The Morgan fingerprint density at radius 1 is 1.03 bits per heavy atom. The molecule has 0 atom stereocenters. The Bertz CT molecular complexity index is 774. The number of aromatic nitrogens is 3. The number of amides is 1. The molecule has 2 heterocycles. The van der Waals surface area contributed by atoms with Gasteiger partial charge >= 0.3 is 0 Å². The number of anilines is 2. The topological polar surface area (TPSA) is 74.2 Å². The van der Waals surface area contributed by atoms with Gasteiger partial charge in [0.05, 0.1) is 6.54 Å². The lowest BCUT2D eigenvalue weighted by atomic mass is 10.1. The molecule has 0 unspecified atom stereocenters. The van der Waals surface area contributed by atoms with Crippen LogP contribution in [0.2, 0.25) is 0 Å². The number of rotatable bonds is 9. The number of hydrogen-bond acceptors (Lipinski definition) is 6. The van der Waals surface area contributed by atoms with Gasteiger partial charge in [-0.3, -0.25) is 4.79 Å². The molecular weight excluding hydrogens is 364 g/mol. The number of carbonyl (C=O) groups is 1. The molecule has 156 valence electrons. The van der Waals surface area contributed by atoms with E-state index in [1.54, 1.807) is 0 Å². The van der Waals surface area contributed by atoms with Gasteiger partial charge in [0.25, 0.3) is 0 Å². The Morgan fingerprint density at radius 2 is 1.79 bits per heavy atom. The number of benzene rings is 1. The van der Waals surface area contributed by atoms with E-state index in [4.69, 9.17) is 0 Å². The molecule has 1 aromatic carbocycles. The minimum absolute atomic E-state index is 0.0457. The number of aryl methyl sites for hydroxylation is 1. The first-order valence-electron chi connectivity index (χ1n) is 10.6. The summed E-state index contributed by atoms with van der Waals surface area (Å²) in [6.45, 7) is 2.29. The van der Waals surface area contributed by atoms with Crippen molar-refractivity contribution in [1.82, 2.24) is 20.3 Å². The SMILES string of the molecule is CN(C)c1nc(CNC(=O)CCCCc2ccccc2)nc(N2CCCCC2)n1. The minimum atomic E-state index is 0.0457. The van der Waals surface area contributed by atoms with E-state index in [2.05, 4.69) is 49.4 Å². The van der Waals surface area contributed by atoms with Crippen LogP contribution in [0.25, 0.3) is 0 Å². The molecule has 0 saturated carbocycles. The van der Waals surface area contributed by atoms with Crippen LogP contribution in [0.5, 0.6) is 0 Å². The van der Waals surface area contributed by atoms with E-state index >= 15 is 0 Å². The van der Waals surface area contributed by atoms with E-state index in [1.165, 1.54) is 12.0 Å². The Morgan fingerprint density at radius 3 is 2.52 bits per heavy atom. The van der Waals surface area contributed by atoms with Crippen LogP contribution in [0.4, 0.5) is 11.9 Å². The molecule has 0 radical (unpaired) electrons. The van der Waals surface area contributed by atoms with Crippen molar-refractivity contribution in [2.45, 2.75) is 51.5 Å². The molecule has 1 aromatic heterocycles. The van der Waals surface area contributed by atoms with Crippen LogP contribution in [0.15, 0.2) is 30.3 Å². The molecular formula is C22H32N6O. The van der Waals surface area contributed by atoms with Gasteiger partial charge in [0.2, 0.25) is 17.8 Å². The van der Waals surface area contributed by atoms with Gasteiger partial charge in [-0.25, -0.2) is 0 Å². The summed E-state index contributed by atoms with van der Waals surface area (Å²) in [6.07, 6.45) is 7.00. The van der Waals surface area contributed by atoms with Crippen molar-refractivity contribution in [1.29, 1.82) is 0 Å². The Labute approximate surface area is 173 Å². The lowest BCUT2D eigenvalue weighted by molar-refractivity contribution is -0.121. The average molecular weight is 397 g/mol. The van der Waals surface area contributed by atoms with Gasteiger partial charge < -0.3 is 15.1 Å². The number of nitrogens with one attached hydrogen (secondary N) is 1. The summed E-state index contributed by atoms with van der Waals surface area (Å²) in [7, 11) is 3.84. The molecule has 1 aliphatic rings. The zero-order valence-corrected chi connectivity index (χ0v) is 17.6. The fraction of sp³-hybridized carbons (Fsp3) is 0.545. The second-order valence-electron chi connectivity index (χ2n) is 7.76. The highest BCUT2D eigenvalue weighted by Crippen LogP contribution is 2.18. The highest BCUT2D eigenvalue weighted by atomic mass is 16.1. The van der Waals surface area contributed by atoms with Crippen LogP contribution in [0.3, 0.4) is 0 Å². The van der Waals surface area contributed by atoms with Crippen molar-refractivity contribution in [3.8, 4) is 0 Å². The highest BCUT2D eigenvalue weighted by Gasteiger charge is 2.17. The first-order chi connectivity index (χ1) is 14.1. The van der Waals surface area contributed by atoms with E-state index in [0.717, 1.165) is 51.1 Å². The lowest BCUT2D eigenvalue weighted by Gasteiger charge is -2.27. The van der Waals surface area contributed by atoms with Crippen LogP contribution in [0.1, 0.15) is 49.9 Å². The normalized spacial score (nSPS) is 13.9. The van der Waals surface area contributed by atoms with Gasteiger partial charge in [-0.2, -0.15) is 15.0 Å². The van der Waals surface area contributed by atoms with Crippen LogP contribution in [0, 0.1) is 0 Å². The molecule has 0 aliphatic carbocycles. The first-order valence-corrected chi connectivity index (χ1v) is 10.6. The van der Waals surface area contributed by atoms with E-state index in [9.17, 15) is 4.79 Å². The maximum absolute atomic E-state index is 12.2. The molecule has 1 fully saturated rings. The van der Waals surface area contributed by atoms with E-state index in [-0.39, 0.29) is 5.91 Å². The monoisotopic (exact) mass is 396 g/mol. The molecule has 0 bridgehead atoms. The quantitative estimate of drug-likeness (QED) is 0.657. The number of hydrogen-bond donors (Lipinski definition) is 1. The van der Waals surface area contributed by atoms with Crippen molar-refractivity contribution >= 4 is 17.8 Å². The van der Waals surface area contributed by atoms with Crippen LogP contribution in [-0.4, -0.2) is 48.0 Å². The van der Waals surface area contributed by atoms with Crippen molar-refractivity contribution in [3.05, 3.63) is 41.7 Å². The maximum Gasteiger partial charge on any atom is 0.230 e. The summed E-state index contributed by atoms with van der Waals surface area (Å²) >= 11 is 0. The number of unbranched alkanes of at least 4 members (excludes halogenated alkanes) is 1. The van der Waals surface area contributed by atoms with E-state index in [1.807, 2.05) is 25.1 Å². The first kappa shape index (κ1) is 21.0. The molecule has 1 amide bonds. The third-order valence-corrected chi connectivity index (χ3v) is 5.10. The zero-order chi connectivity index (χ0) is 20.5. The van der Waals surface area contributed by atoms with Crippen molar-refractivity contribution in [2.24, 2.45) is 0 Å². The third-order valence-electron chi connectivity index (χ3n) is 5.10. The maximum atomic E-state index is 12.2. The second-order valence-corrected chi connectivity index (χ2v) is 7.76. The Hall–Kier alpha value is -2.70. The Balaban J connectivity index is 1.49. The summed E-state index contributed by atoms with van der Waals surface area (Å²) in [4.78, 5) is 30.0. The van der Waals surface area contributed by atoms with Crippen molar-refractivity contribution in [3.63, 3.8) is 0 Å². The number of carbonyl (C=O) groups excluding carboxylic acids is 1. The summed E-state index contributed by atoms with van der Waals surface area (Å²) in [5.74, 6) is 2.01.